The molecule has 1 aromatic rings. The first kappa shape index (κ1) is 13.1. The van der Waals surface area contributed by atoms with E-state index in [0.29, 0.717) is 0 Å². The fourth-order valence-corrected chi connectivity index (χ4v) is 2.52. The molecule has 1 N–H and O–H groups in total. The number of rotatable bonds is 6. The lowest BCUT2D eigenvalue weighted by Crippen LogP contribution is -2.27. The van der Waals surface area contributed by atoms with Crippen molar-refractivity contribution in [3.8, 4) is 0 Å². The molecule has 0 saturated heterocycles. The van der Waals surface area contributed by atoms with Gasteiger partial charge in [-0.1, -0.05) is 41.9 Å². The van der Waals surface area contributed by atoms with Gasteiger partial charge in [-0.2, -0.15) is 0 Å². The van der Waals surface area contributed by atoms with Gasteiger partial charge >= 0.3 is 0 Å². The lowest BCUT2D eigenvalue weighted by molar-refractivity contribution is 0.364. The highest BCUT2D eigenvalue weighted by atomic mass is 79.9. The molecule has 94 valence electrons. The Hall–Kier alpha value is -0.340. The van der Waals surface area contributed by atoms with Crippen molar-refractivity contribution in [2.24, 2.45) is 11.8 Å². The van der Waals surface area contributed by atoms with Crippen LogP contribution in [0.25, 0.3) is 0 Å². The third-order valence-corrected chi connectivity index (χ3v) is 4.22. The first-order chi connectivity index (χ1) is 8.15. The summed E-state index contributed by atoms with van der Waals surface area (Å²) in [5.74, 6) is 1.48. The minimum absolute atomic E-state index is 0.732. The van der Waals surface area contributed by atoms with Crippen molar-refractivity contribution >= 4 is 15.9 Å². The van der Waals surface area contributed by atoms with Gasteiger partial charge in [0.25, 0.3) is 0 Å². The summed E-state index contributed by atoms with van der Waals surface area (Å²) in [6.07, 6.45) is 3.94. The van der Waals surface area contributed by atoms with E-state index >= 15 is 0 Å². The zero-order valence-electron chi connectivity index (χ0n) is 10.7. The van der Waals surface area contributed by atoms with Crippen LogP contribution in [0.5, 0.6) is 0 Å². The highest BCUT2D eigenvalue weighted by Gasteiger charge is 2.22. The maximum Gasteiger partial charge on any atom is 0.0177 e. The molecule has 1 nitrogen and oxygen atoms in total. The molecule has 0 bridgehead atoms. The van der Waals surface area contributed by atoms with E-state index < -0.39 is 0 Å². The molecule has 1 aromatic carbocycles. The molecular weight excluding hydrogens is 274 g/mol. The molecule has 0 radical (unpaired) electrons. The molecule has 1 saturated carbocycles. The second kappa shape index (κ2) is 6.01. The Morgan fingerprint density at radius 1 is 1.29 bits per heavy atom. The third-order valence-electron chi connectivity index (χ3n) is 3.72. The molecule has 0 spiro atoms. The Bertz CT molecular complexity index is 360. The van der Waals surface area contributed by atoms with Crippen molar-refractivity contribution in [3.05, 3.63) is 34.3 Å². The van der Waals surface area contributed by atoms with Crippen LogP contribution in [0.2, 0.25) is 0 Å². The van der Waals surface area contributed by atoms with Gasteiger partial charge in [-0.15, -0.1) is 0 Å². The van der Waals surface area contributed by atoms with Gasteiger partial charge in [0.05, 0.1) is 0 Å². The maximum absolute atomic E-state index is 3.63. The van der Waals surface area contributed by atoms with Crippen LogP contribution in [0.1, 0.15) is 32.3 Å². The highest BCUT2D eigenvalue weighted by Crippen LogP contribution is 2.22. The van der Waals surface area contributed by atoms with Crippen LogP contribution in [-0.4, -0.2) is 12.6 Å². The maximum atomic E-state index is 3.63. The SMILES string of the molecule is CC(CNC1CC1)C(C)Cc1cccc(Br)c1. The quantitative estimate of drug-likeness (QED) is 0.836. The molecule has 2 unspecified atom stereocenters. The molecular formula is C15H22BrN. The van der Waals surface area contributed by atoms with Crippen LogP contribution < -0.4 is 5.32 Å². The van der Waals surface area contributed by atoms with Crippen LogP contribution in [0.4, 0.5) is 0 Å². The first-order valence-electron chi connectivity index (χ1n) is 6.63. The molecule has 1 aliphatic rings. The molecule has 2 atom stereocenters. The van der Waals surface area contributed by atoms with E-state index in [1.807, 2.05) is 0 Å². The van der Waals surface area contributed by atoms with Crippen molar-refractivity contribution in [1.29, 1.82) is 0 Å². The van der Waals surface area contributed by atoms with Gasteiger partial charge in [0.15, 0.2) is 0 Å². The number of benzene rings is 1. The Morgan fingerprint density at radius 3 is 2.71 bits per heavy atom. The van der Waals surface area contributed by atoms with Gasteiger partial charge in [0.2, 0.25) is 0 Å². The molecule has 0 aliphatic heterocycles. The van der Waals surface area contributed by atoms with Crippen molar-refractivity contribution in [3.63, 3.8) is 0 Å². The van der Waals surface area contributed by atoms with Gasteiger partial charge in [-0.25, -0.2) is 0 Å². The average Bonchev–Trinajstić information content (AvgIpc) is 3.09. The summed E-state index contributed by atoms with van der Waals surface area (Å²) in [5.41, 5.74) is 1.44. The zero-order chi connectivity index (χ0) is 12.3. The summed E-state index contributed by atoms with van der Waals surface area (Å²) in [6, 6.07) is 9.50. The van der Waals surface area contributed by atoms with E-state index in [0.717, 1.165) is 17.9 Å². The smallest absolute Gasteiger partial charge is 0.0177 e. The monoisotopic (exact) mass is 295 g/mol. The van der Waals surface area contributed by atoms with Crippen LogP contribution >= 0.6 is 15.9 Å². The molecule has 0 amide bonds. The molecule has 2 heteroatoms. The number of hydrogen-bond acceptors (Lipinski definition) is 1. The summed E-state index contributed by atoms with van der Waals surface area (Å²) in [5, 5.41) is 3.63. The van der Waals surface area contributed by atoms with E-state index in [9.17, 15) is 0 Å². The van der Waals surface area contributed by atoms with Gasteiger partial charge in [-0.3, -0.25) is 0 Å². The summed E-state index contributed by atoms with van der Waals surface area (Å²) < 4.78 is 1.19. The predicted molar refractivity (Wildman–Crippen MR) is 77.2 cm³/mol. The summed E-state index contributed by atoms with van der Waals surface area (Å²) in [7, 11) is 0. The van der Waals surface area contributed by atoms with Crippen LogP contribution in [0, 0.1) is 11.8 Å². The molecule has 2 rings (SSSR count). The fraction of sp³-hybridized carbons (Fsp3) is 0.600. The van der Waals surface area contributed by atoms with E-state index in [2.05, 4.69) is 59.4 Å². The Labute approximate surface area is 113 Å². The first-order valence-corrected chi connectivity index (χ1v) is 7.42. The molecule has 1 fully saturated rings. The largest absolute Gasteiger partial charge is 0.314 e. The van der Waals surface area contributed by atoms with Crippen LogP contribution in [-0.2, 0) is 6.42 Å². The number of hydrogen-bond donors (Lipinski definition) is 1. The Balaban J connectivity index is 1.80. The van der Waals surface area contributed by atoms with Crippen molar-refractivity contribution in [2.45, 2.75) is 39.2 Å². The van der Waals surface area contributed by atoms with E-state index in [4.69, 9.17) is 0 Å². The molecule has 0 heterocycles. The second-order valence-electron chi connectivity index (χ2n) is 5.47. The number of nitrogens with one attached hydrogen (secondary N) is 1. The van der Waals surface area contributed by atoms with E-state index in [-0.39, 0.29) is 0 Å². The van der Waals surface area contributed by atoms with Gasteiger partial charge in [0, 0.05) is 10.5 Å². The normalized spacial score (nSPS) is 19.0. The zero-order valence-corrected chi connectivity index (χ0v) is 12.3. The summed E-state index contributed by atoms with van der Waals surface area (Å²) >= 11 is 3.53. The summed E-state index contributed by atoms with van der Waals surface area (Å²) in [4.78, 5) is 0. The van der Waals surface area contributed by atoms with Crippen molar-refractivity contribution in [1.82, 2.24) is 5.32 Å². The minimum atomic E-state index is 0.732. The van der Waals surface area contributed by atoms with Crippen molar-refractivity contribution < 1.29 is 0 Å². The Morgan fingerprint density at radius 2 is 2.06 bits per heavy atom. The number of halogens is 1. The fourth-order valence-electron chi connectivity index (χ4n) is 2.08. The molecule has 1 aliphatic carbocycles. The standard InChI is InChI=1S/C15H22BrN/c1-11(12(2)10-17-15-6-7-15)8-13-4-3-5-14(16)9-13/h3-5,9,11-12,15,17H,6-8,10H2,1-2H3. The lowest BCUT2D eigenvalue weighted by atomic mass is 9.89. The second-order valence-corrected chi connectivity index (χ2v) is 6.39. The van der Waals surface area contributed by atoms with Gasteiger partial charge in [0.1, 0.15) is 0 Å². The summed E-state index contributed by atoms with van der Waals surface area (Å²) in [6.45, 7) is 5.89. The van der Waals surface area contributed by atoms with E-state index in [1.165, 1.54) is 35.8 Å². The lowest BCUT2D eigenvalue weighted by Gasteiger charge is -2.20. The third kappa shape index (κ3) is 4.44. The van der Waals surface area contributed by atoms with E-state index in [1.54, 1.807) is 0 Å². The molecule has 17 heavy (non-hydrogen) atoms. The topological polar surface area (TPSA) is 12.0 Å². The molecule has 0 aromatic heterocycles. The predicted octanol–water partition coefficient (Wildman–Crippen LogP) is 4.02. The highest BCUT2D eigenvalue weighted by molar-refractivity contribution is 9.10. The van der Waals surface area contributed by atoms with Crippen LogP contribution in [0.15, 0.2) is 28.7 Å². The average molecular weight is 296 g/mol. The van der Waals surface area contributed by atoms with Gasteiger partial charge < -0.3 is 5.32 Å². The van der Waals surface area contributed by atoms with Crippen LogP contribution in [0.3, 0.4) is 0 Å². The Kier molecular flexibility index (Phi) is 4.63. The minimum Gasteiger partial charge on any atom is -0.314 e. The van der Waals surface area contributed by atoms with Gasteiger partial charge in [-0.05, 0) is 55.3 Å². The van der Waals surface area contributed by atoms with Crippen molar-refractivity contribution in [2.75, 3.05) is 6.54 Å².